The van der Waals surface area contributed by atoms with Crippen molar-refractivity contribution >= 4 is 11.2 Å². The minimum atomic E-state index is -1.17. The number of aliphatic hydroxyl groups excluding tert-OH is 2. The number of rotatable bonds is 0. The van der Waals surface area contributed by atoms with Crippen molar-refractivity contribution in [1.29, 1.82) is 0 Å². The average Bonchev–Trinajstić information content (AvgIpc) is 2.82. The highest BCUT2D eigenvalue weighted by Crippen LogP contribution is 2.34. The van der Waals surface area contributed by atoms with Gasteiger partial charge in [-0.15, -0.1) is 5.10 Å². The highest BCUT2D eigenvalue weighted by Gasteiger charge is 2.47. The lowest BCUT2D eigenvalue weighted by molar-refractivity contribution is -0.0358. The van der Waals surface area contributed by atoms with Gasteiger partial charge in [-0.2, -0.15) is 4.98 Å². The molecule has 2 aromatic rings. The number of hydrogen-bond donors (Lipinski definition) is 2. The van der Waals surface area contributed by atoms with E-state index in [2.05, 4.69) is 15.3 Å². The highest BCUT2D eigenvalue weighted by molar-refractivity contribution is 5.72. The number of fused-ring (bicyclic) bond motifs is 3. The van der Waals surface area contributed by atoms with Crippen LogP contribution in [0.5, 0.6) is 0 Å². The van der Waals surface area contributed by atoms with Crippen molar-refractivity contribution < 1.29 is 14.9 Å². The number of aliphatic hydroxyl groups is 2. The van der Waals surface area contributed by atoms with Crippen molar-refractivity contribution in [3.8, 4) is 0 Å². The average molecular weight is 265 g/mol. The van der Waals surface area contributed by atoms with E-state index in [-0.39, 0.29) is 6.54 Å². The van der Waals surface area contributed by atoms with Gasteiger partial charge in [0, 0.05) is 0 Å². The van der Waals surface area contributed by atoms with Crippen LogP contribution in [0.15, 0.2) is 4.79 Å². The second-order valence-corrected chi connectivity index (χ2v) is 4.84. The molecule has 0 amide bonds. The van der Waals surface area contributed by atoms with E-state index in [0.717, 1.165) is 0 Å². The smallest absolute Gasteiger partial charge is 0.351 e. The molecule has 4 heterocycles. The van der Waals surface area contributed by atoms with Gasteiger partial charge < -0.3 is 14.9 Å². The van der Waals surface area contributed by atoms with Gasteiger partial charge in [-0.1, -0.05) is 5.21 Å². The molecule has 1 fully saturated rings. The summed E-state index contributed by atoms with van der Waals surface area (Å²) >= 11 is 0. The third-order valence-corrected chi connectivity index (χ3v) is 3.69. The summed E-state index contributed by atoms with van der Waals surface area (Å²) in [6, 6.07) is 0. The van der Waals surface area contributed by atoms with Crippen molar-refractivity contribution in [3.63, 3.8) is 0 Å². The first-order valence-corrected chi connectivity index (χ1v) is 5.92. The summed E-state index contributed by atoms with van der Waals surface area (Å²) in [5.41, 5.74) is 0.899. The largest absolute Gasteiger partial charge is 0.387 e. The summed E-state index contributed by atoms with van der Waals surface area (Å²) < 4.78 is 8.25. The summed E-state index contributed by atoms with van der Waals surface area (Å²) in [5, 5.41) is 27.8. The maximum absolute atomic E-state index is 12.1. The lowest BCUT2D eigenvalue weighted by atomic mass is 10.1. The van der Waals surface area contributed by atoms with Crippen LogP contribution in [0, 0.1) is 6.92 Å². The molecule has 1 unspecified atom stereocenters. The van der Waals surface area contributed by atoms with Gasteiger partial charge in [-0.05, 0) is 6.92 Å². The molecule has 0 aliphatic carbocycles. The zero-order valence-electron chi connectivity index (χ0n) is 9.96. The maximum atomic E-state index is 12.1. The molecule has 4 atom stereocenters. The Bertz CT molecular complexity index is 737. The molecule has 100 valence electrons. The molecule has 19 heavy (non-hydrogen) atoms. The summed E-state index contributed by atoms with van der Waals surface area (Å²) in [6.45, 7) is 1.91. The Morgan fingerprint density at radius 2 is 2.16 bits per heavy atom. The van der Waals surface area contributed by atoms with Gasteiger partial charge in [0.1, 0.15) is 18.3 Å². The van der Waals surface area contributed by atoms with Gasteiger partial charge in [-0.25, -0.2) is 14.0 Å². The normalized spacial score (nSPS) is 32.8. The van der Waals surface area contributed by atoms with E-state index in [0.29, 0.717) is 16.9 Å². The molecule has 9 heteroatoms. The highest BCUT2D eigenvalue weighted by atomic mass is 16.6. The predicted octanol–water partition coefficient (Wildman–Crippen LogP) is -2.07. The van der Waals surface area contributed by atoms with E-state index < -0.39 is 30.2 Å². The minimum absolute atomic E-state index is 0.230. The van der Waals surface area contributed by atoms with E-state index >= 15 is 0 Å². The molecule has 0 saturated carbocycles. The molecule has 4 rings (SSSR count). The molecule has 2 N–H and O–H groups in total. The SMILES string of the molecule is Cc1nc(=O)n2c3c1nnn3C[C@H]1O[C@H]2C(O)[C@H]1O. The van der Waals surface area contributed by atoms with Crippen LogP contribution in [0.1, 0.15) is 11.9 Å². The molecule has 0 aromatic carbocycles. The summed E-state index contributed by atoms with van der Waals surface area (Å²) in [6.07, 6.45) is -3.81. The fourth-order valence-corrected chi connectivity index (χ4v) is 2.74. The van der Waals surface area contributed by atoms with Gasteiger partial charge in [0.2, 0.25) is 0 Å². The molecule has 2 bridgehead atoms. The zero-order chi connectivity index (χ0) is 13.3. The van der Waals surface area contributed by atoms with Gasteiger partial charge in [0.25, 0.3) is 0 Å². The van der Waals surface area contributed by atoms with E-state index in [4.69, 9.17) is 4.74 Å². The van der Waals surface area contributed by atoms with Crippen LogP contribution in [0.4, 0.5) is 0 Å². The van der Waals surface area contributed by atoms with Crippen LogP contribution in [0.25, 0.3) is 11.2 Å². The molecule has 1 saturated heterocycles. The number of hydrogen-bond acceptors (Lipinski definition) is 7. The summed E-state index contributed by atoms with van der Waals surface area (Å²) in [5.74, 6) is 0. The molecular weight excluding hydrogens is 254 g/mol. The van der Waals surface area contributed by atoms with E-state index in [1.165, 1.54) is 9.25 Å². The van der Waals surface area contributed by atoms with Crippen molar-refractivity contribution in [3.05, 3.63) is 16.2 Å². The Labute approximate surface area is 106 Å². The number of aromatic nitrogens is 5. The lowest BCUT2D eigenvalue weighted by Gasteiger charge is -2.19. The standard InChI is InChI=1S/C10H11N5O4/c1-3-5-8-14(13-12-5)2-4-6(16)7(17)9(19-4)15(8)10(18)11-3/h4,6-7,9,16-17H,2H2,1H3/t4-,6+,7?,9+/m1/s1. The number of ether oxygens (including phenoxy) is 1. The van der Waals surface area contributed by atoms with Crippen LogP contribution in [-0.4, -0.2) is 53.1 Å². The van der Waals surface area contributed by atoms with Crippen LogP contribution in [-0.2, 0) is 11.3 Å². The second kappa shape index (κ2) is 3.38. The van der Waals surface area contributed by atoms with Gasteiger partial charge in [0.05, 0.1) is 12.2 Å². The number of aryl methyl sites for hydroxylation is 1. The molecule has 9 nitrogen and oxygen atoms in total. The quantitative estimate of drug-likeness (QED) is 0.562. The fraction of sp³-hybridized carbons (Fsp3) is 0.600. The van der Waals surface area contributed by atoms with E-state index in [9.17, 15) is 15.0 Å². The predicted molar refractivity (Wildman–Crippen MR) is 60.2 cm³/mol. The maximum Gasteiger partial charge on any atom is 0.351 e. The van der Waals surface area contributed by atoms with Gasteiger partial charge in [0.15, 0.2) is 17.4 Å². The van der Waals surface area contributed by atoms with Crippen LogP contribution in [0.2, 0.25) is 0 Å². The van der Waals surface area contributed by atoms with Crippen molar-refractivity contribution in [2.45, 2.75) is 38.0 Å². The van der Waals surface area contributed by atoms with Crippen LogP contribution < -0.4 is 5.69 Å². The molecule has 0 radical (unpaired) electrons. The van der Waals surface area contributed by atoms with Crippen LogP contribution >= 0.6 is 0 Å². The first-order valence-electron chi connectivity index (χ1n) is 5.92. The molecule has 2 aromatic heterocycles. The van der Waals surface area contributed by atoms with Crippen molar-refractivity contribution in [2.24, 2.45) is 0 Å². The molecular formula is C10H11N5O4. The first kappa shape index (κ1) is 11.0. The Hall–Kier alpha value is -1.84. The van der Waals surface area contributed by atoms with E-state index in [1.807, 2.05) is 0 Å². The molecule has 2 aliphatic rings. The topological polar surface area (TPSA) is 115 Å². The Morgan fingerprint density at radius 3 is 2.95 bits per heavy atom. The van der Waals surface area contributed by atoms with E-state index in [1.54, 1.807) is 6.92 Å². The van der Waals surface area contributed by atoms with Crippen molar-refractivity contribution in [2.75, 3.05) is 0 Å². The van der Waals surface area contributed by atoms with Crippen LogP contribution in [0.3, 0.4) is 0 Å². The molecule has 0 spiro atoms. The third kappa shape index (κ3) is 1.24. The van der Waals surface area contributed by atoms with Crippen molar-refractivity contribution in [1.82, 2.24) is 24.5 Å². The Kier molecular flexibility index (Phi) is 1.96. The Balaban J connectivity index is 2.11. The van der Waals surface area contributed by atoms with Gasteiger partial charge >= 0.3 is 5.69 Å². The fourth-order valence-electron chi connectivity index (χ4n) is 2.74. The lowest BCUT2D eigenvalue weighted by Crippen LogP contribution is -2.39. The van der Waals surface area contributed by atoms with Gasteiger partial charge in [-0.3, -0.25) is 0 Å². The first-order chi connectivity index (χ1) is 9.08. The molecule has 2 aliphatic heterocycles. The second-order valence-electron chi connectivity index (χ2n) is 4.84. The Morgan fingerprint density at radius 1 is 1.37 bits per heavy atom. The monoisotopic (exact) mass is 265 g/mol. The summed E-state index contributed by atoms with van der Waals surface area (Å²) in [4.78, 5) is 15.9. The number of nitrogens with zero attached hydrogens (tertiary/aromatic N) is 5. The summed E-state index contributed by atoms with van der Waals surface area (Å²) in [7, 11) is 0. The third-order valence-electron chi connectivity index (χ3n) is 3.69. The zero-order valence-corrected chi connectivity index (χ0v) is 9.96. The minimum Gasteiger partial charge on any atom is -0.387 e.